The largest absolute Gasteiger partial charge is 0.390 e. The second-order valence-corrected chi connectivity index (χ2v) is 7.68. The molecule has 0 saturated carbocycles. The highest BCUT2D eigenvalue weighted by Crippen LogP contribution is 2.26. The van der Waals surface area contributed by atoms with Gasteiger partial charge in [-0.1, -0.05) is 28.1 Å². The zero-order valence-corrected chi connectivity index (χ0v) is 13.2. The Labute approximate surface area is 122 Å². The maximum absolute atomic E-state index is 12.4. The maximum atomic E-state index is 12.4. The van der Waals surface area contributed by atoms with E-state index in [2.05, 4.69) is 15.9 Å². The van der Waals surface area contributed by atoms with Gasteiger partial charge in [0, 0.05) is 18.4 Å². The summed E-state index contributed by atoms with van der Waals surface area (Å²) in [5, 5.41) is 10.6. The van der Waals surface area contributed by atoms with E-state index < -0.39 is 15.6 Å². The van der Waals surface area contributed by atoms with E-state index in [0.717, 1.165) is 5.56 Å². The fourth-order valence-electron chi connectivity index (χ4n) is 2.11. The first-order valence-corrected chi connectivity index (χ1v) is 8.79. The Hall–Kier alpha value is -0.430. The standard InChI is InChI=1S/C13H18BrNO3S/c1-13(16)6-8-15(9-7-13)19(17,18)12-4-2-11(10-14)3-5-12/h2-5,16H,6-10H2,1H3. The molecule has 1 fully saturated rings. The van der Waals surface area contributed by atoms with Crippen LogP contribution in [0.3, 0.4) is 0 Å². The number of alkyl halides is 1. The van der Waals surface area contributed by atoms with Gasteiger partial charge in [-0.05, 0) is 37.5 Å². The number of sulfonamides is 1. The maximum Gasteiger partial charge on any atom is 0.243 e. The van der Waals surface area contributed by atoms with Crippen LogP contribution >= 0.6 is 15.9 Å². The highest BCUT2D eigenvalue weighted by Gasteiger charge is 2.33. The Bertz CT molecular complexity index is 530. The molecule has 1 aliphatic heterocycles. The van der Waals surface area contributed by atoms with Crippen LogP contribution in [0.15, 0.2) is 29.2 Å². The summed E-state index contributed by atoms with van der Waals surface area (Å²) < 4.78 is 26.3. The highest BCUT2D eigenvalue weighted by molar-refractivity contribution is 9.08. The molecule has 4 nitrogen and oxygen atoms in total. The summed E-state index contributed by atoms with van der Waals surface area (Å²) in [6.07, 6.45) is 0.956. The van der Waals surface area contributed by atoms with Gasteiger partial charge < -0.3 is 5.11 Å². The molecule has 6 heteroatoms. The van der Waals surface area contributed by atoms with Crippen LogP contribution in [0.25, 0.3) is 0 Å². The average molecular weight is 348 g/mol. The minimum absolute atomic E-state index is 0.318. The second kappa shape index (κ2) is 5.52. The van der Waals surface area contributed by atoms with Gasteiger partial charge in [-0.2, -0.15) is 4.31 Å². The molecule has 1 N–H and O–H groups in total. The summed E-state index contributed by atoms with van der Waals surface area (Å²) >= 11 is 3.33. The molecule has 0 amide bonds. The van der Waals surface area contributed by atoms with Crippen molar-refractivity contribution in [1.29, 1.82) is 0 Å². The topological polar surface area (TPSA) is 57.6 Å². The lowest BCUT2D eigenvalue weighted by molar-refractivity contribution is 0.0126. The fraction of sp³-hybridized carbons (Fsp3) is 0.538. The van der Waals surface area contributed by atoms with E-state index in [1.165, 1.54) is 4.31 Å². The van der Waals surface area contributed by atoms with Gasteiger partial charge in [0.25, 0.3) is 0 Å². The third-order valence-corrected chi connectivity index (χ3v) is 6.08. The summed E-state index contributed by atoms with van der Waals surface area (Å²) in [5.41, 5.74) is 0.298. The summed E-state index contributed by atoms with van der Waals surface area (Å²) in [4.78, 5) is 0.318. The summed E-state index contributed by atoms with van der Waals surface area (Å²) in [6.45, 7) is 2.49. The molecule has 0 unspecified atom stereocenters. The van der Waals surface area contributed by atoms with Crippen molar-refractivity contribution in [2.45, 2.75) is 35.6 Å². The molecule has 106 valence electrons. The molecule has 0 bridgehead atoms. The van der Waals surface area contributed by atoms with E-state index in [9.17, 15) is 13.5 Å². The minimum Gasteiger partial charge on any atom is -0.390 e. The lowest BCUT2D eigenvalue weighted by atomic mass is 9.95. The first kappa shape index (κ1) is 15.0. The Balaban J connectivity index is 2.18. The zero-order valence-electron chi connectivity index (χ0n) is 10.8. The van der Waals surface area contributed by atoms with Crippen LogP contribution in [-0.4, -0.2) is 36.5 Å². The zero-order chi connectivity index (χ0) is 14.1. The third-order valence-electron chi connectivity index (χ3n) is 3.52. The van der Waals surface area contributed by atoms with Gasteiger partial charge in [0.1, 0.15) is 0 Å². The third kappa shape index (κ3) is 3.37. The van der Waals surface area contributed by atoms with Gasteiger partial charge in [0.05, 0.1) is 10.5 Å². The van der Waals surface area contributed by atoms with Crippen LogP contribution in [0.1, 0.15) is 25.3 Å². The molecule has 1 aromatic carbocycles. The van der Waals surface area contributed by atoms with Crippen molar-refractivity contribution in [3.05, 3.63) is 29.8 Å². The summed E-state index contributed by atoms with van der Waals surface area (Å²) in [6, 6.07) is 6.89. The van der Waals surface area contributed by atoms with Crippen molar-refractivity contribution in [2.75, 3.05) is 13.1 Å². The fourth-order valence-corrected chi connectivity index (χ4v) is 3.92. The molecular weight excluding hydrogens is 330 g/mol. The molecule has 0 spiro atoms. The van der Waals surface area contributed by atoms with Gasteiger partial charge in [-0.25, -0.2) is 8.42 Å². The van der Waals surface area contributed by atoms with E-state index in [0.29, 0.717) is 36.2 Å². The van der Waals surface area contributed by atoms with Gasteiger partial charge in [-0.15, -0.1) is 0 Å². The number of piperidine rings is 1. The monoisotopic (exact) mass is 347 g/mol. The molecule has 1 heterocycles. The van der Waals surface area contributed by atoms with E-state index in [1.54, 1.807) is 19.1 Å². The number of rotatable bonds is 3. The Morgan fingerprint density at radius 3 is 2.26 bits per heavy atom. The van der Waals surface area contributed by atoms with E-state index in [4.69, 9.17) is 0 Å². The van der Waals surface area contributed by atoms with Crippen molar-refractivity contribution in [3.8, 4) is 0 Å². The van der Waals surface area contributed by atoms with Gasteiger partial charge in [0.2, 0.25) is 10.0 Å². The number of nitrogens with zero attached hydrogens (tertiary/aromatic N) is 1. The molecule has 2 rings (SSSR count). The van der Waals surface area contributed by atoms with Gasteiger partial charge in [-0.3, -0.25) is 0 Å². The summed E-state index contributed by atoms with van der Waals surface area (Å²) in [5.74, 6) is 0. The molecule has 19 heavy (non-hydrogen) atoms. The van der Waals surface area contributed by atoms with Crippen molar-refractivity contribution < 1.29 is 13.5 Å². The number of benzene rings is 1. The highest BCUT2D eigenvalue weighted by atomic mass is 79.9. The van der Waals surface area contributed by atoms with Crippen molar-refractivity contribution in [1.82, 2.24) is 4.31 Å². The quantitative estimate of drug-likeness (QED) is 0.852. The van der Waals surface area contributed by atoms with Gasteiger partial charge >= 0.3 is 0 Å². The molecule has 1 aliphatic rings. The SMILES string of the molecule is CC1(O)CCN(S(=O)(=O)c2ccc(CBr)cc2)CC1. The Kier molecular flexibility index (Phi) is 4.35. The molecule has 0 atom stereocenters. The Morgan fingerprint density at radius 2 is 1.79 bits per heavy atom. The Morgan fingerprint density at radius 1 is 1.26 bits per heavy atom. The number of hydrogen-bond donors (Lipinski definition) is 1. The predicted molar refractivity (Wildman–Crippen MR) is 77.7 cm³/mol. The van der Waals surface area contributed by atoms with Crippen molar-refractivity contribution in [3.63, 3.8) is 0 Å². The number of hydrogen-bond acceptors (Lipinski definition) is 3. The lowest BCUT2D eigenvalue weighted by Crippen LogP contribution is -2.45. The normalized spacial score (nSPS) is 20.4. The first-order valence-electron chi connectivity index (χ1n) is 6.23. The molecule has 0 radical (unpaired) electrons. The number of halogens is 1. The average Bonchev–Trinajstić information content (AvgIpc) is 2.38. The van der Waals surface area contributed by atoms with E-state index in [-0.39, 0.29) is 0 Å². The molecule has 0 aliphatic carbocycles. The van der Waals surface area contributed by atoms with Crippen LogP contribution in [0.4, 0.5) is 0 Å². The summed E-state index contributed by atoms with van der Waals surface area (Å²) in [7, 11) is -3.43. The van der Waals surface area contributed by atoms with Crippen molar-refractivity contribution in [2.24, 2.45) is 0 Å². The predicted octanol–water partition coefficient (Wildman–Crippen LogP) is 2.12. The van der Waals surface area contributed by atoms with E-state index >= 15 is 0 Å². The van der Waals surface area contributed by atoms with Gasteiger partial charge in [0.15, 0.2) is 0 Å². The van der Waals surface area contributed by atoms with Crippen molar-refractivity contribution >= 4 is 26.0 Å². The molecule has 1 aromatic rings. The van der Waals surface area contributed by atoms with Crippen LogP contribution in [0.2, 0.25) is 0 Å². The van der Waals surface area contributed by atoms with E-state index in [1.807, 2.05) is 12.1 Å². The molecular formula is C13H18BrNO3S. The molecule has 0 aromatic heterocycles. The second-order valence-electron chi connectivity index (χ2n) is 5.18. The van der Waals surface area contributed by atoms with Crippen LogP contribution in [0, 0.1) is 0 Å². The minimum atomic E-state index is -3.43. The molecule has 1 saturated heterocycles. The van der Waals surface area contributed by atoms with Crippen LogP contribution in [0.5, 0.6) is 0 Å². The van der Waals surface area contributed by atoms with Crippen LogP contribution < -0.4 is 0 Å². The number of aliphatic hydroxyl groups is 1. The van der Waals surface area contributed by atoms with Crippen LogP contribution in [-0.2, 0) is 15.4 Å². The first-order chi connectivity index (χ1) is 8.85. The smallest absolute Gasteiger partial charge is 0.243 e. The lowest BCUT2D eigenvalue weighted by Gasteiger charge is -2.34.